The molecule has 24 heavy (non-hydrogen) atoms. The second kappa shape index (κ2) is 8.95. The molecule has 6 nitrogen and oxygen atoms in total. The van der Waals surface area contributed by atoms with E-state index < -0.39 is 0 Å². The third kappa shape index (κ3) is 5.60. The van der Waals surface area contributed by atoms with Gasteiger partial charge in [-0.15, -0.1) is 4.91 Å². The van der Waals surface area contributed by atoms with Crippen molar-refractivity contribution in [1.82, 2.24) is 5.43 Å². The van der Waals surface area contributed by atoms with Gasteiger partial charge in [0.2, 0.25) is 0 Å². The van der Waals surface area contributed by atoms with Crippen LogP contribution in [0.15, 0.2) is 52.7 Å². The molecule has 0 aliphatic rings. The summed E-state index contributed by atoms with van der Waals surface area (Å²) in [6.07, 6.45) is 2.28. The third-order valence-corrected chi connectivity index (χ3v) is 3.45. The predicted octanol–water partition coefficient (Wildman–Crippen LogP) is 3.56. The van der Waals surface area contributed by atoms with Crippen LogP contribution in [0.25, 0.3) is 0 Å². The summed E-state index contributed by atoms with van der Waals surface area (Å²) in [4.78, 5) is 11.0. The topological polar surface area (TPSA) is 91.9 Å². The van der Waals surface area contributed by atoms with Crippen molar-refractivity contribution in [2.75, 3.05) is 11.9 Å². The molecule has 0 aromatic heterocycles. The van der Waals surface area contributed by atoms with Crippen molar-refractivity contribution in [2.45, 2.75) is 6.42 Å². The van der Waals surface area contributed by atoms with Crippen LogP contribution in [-0.4, -0.2) is 17.9 Å². The first-order valence-electron chi connectivity index (χ1n) is 7.12. The van der Waals surface area contributed by atoms with Crippen LogP contribution in [0.3, 0.4) is 0 Å². The van der Waals surface area contributed by atoms with Crippen LogP contribution in [0.5, 0.6) is 0 Å². The lowest BCUT2D eigenvalue weighted by Gasteiger charge is -2.09. The second-order valence-corrected chi connectivity index (χ2v) is 5.79. The monoisotopic (exact) mass is 361 g/mol. The molecule has 0 atom stereocenters. The molecule has 124 valence electrons. The smallest absolute Gasteiger partial charge is 0.184 e. The van der Waals surface area contributed by atoms with Crippen LogP contribution in [0.2, 0.25) is 5.02 Å². The average molecular weight is 362 g/mol. The van der Waals surface area contributed by atoms with E-state index in [9.17, 15) is 4.91 Å². The van der Waals surface area contributed by atoms with Crippen LogP contribution in [-0.2, 0) is 6.42 Å². The second-order valence-electron chi connectivity index (χ2n) is 4.91. The summed E-state index contributed by atoms with van der Waals surface area (Å²) in [6.45, 7) is 0.652. The Balaban J connectivity index is 1.98. The molecular weight excluding hydrogens is 346 g/mol. The molecule has 2 aromatic carbocycles. The third-order valence-electron chi connectivity index (χ3n) is 3.13. The first kappa shape index (κ1) is 17.8. The van der Waals surface area contributed by atoms with E-state index in [4.69, 9.17) is 17.3 Å². The minimum Gasteiger partial charge on any atom is -0.383 e. The first-order chi connectivity index (χ1) is 11.6. The Bertz CT molecular complexity index is 766. The molecule has 0 radical (unpaired) electrons. The number of anilines is 1. The molecule has 8 heteroatoms. The fourth-order valence-electron chi connectivity index (χ4n) is 2.06. The maximum absolute atomic E-state index is 11.0. The summed E-state index contributed by atoms with van der Waals surface area (Å²) in [6, 6.07) is 12.9. The lowest BCUT2D eigenvalue weighted by Crippen LogP contribution is -2.23. The quantitative estimate of drug-likeness (QED) is 0.303. The maximum Gasteiger partial charge on any atom is 0.184 e. The van der Waals surface area contributed by atoms with Crippen molar-refractivity contribution >= 4 is 46.5 Å². The number of nitrogens with two attached hydrogens (primary N) is 1. The van der Waals surface area contributed by atoms with E-state index in [0.29, 0.717) is 28.5 Å². The van der Waals surface area contributed by atoms with Gasteiger partial charge in [-0.05, 0) is 59.2 Å². The van der Waals surface area contributed by atoms with Crippen molar-refractivity contribution in [3.63, 3.8) is 0 Å². The molecule has 0 saturated heterocycles. The van der Waals surface area contributed by atoms with Gasteiger partial charge in [0.05, 0.1) is 11.9 Å². The highest BCUT2D eigenvalue weighted by Gasteiger charge is 2.04. The molecule has 0 fully saturated rings. The Kier molecular flexibility index (Phi) is 6.65. The van der Waals surface area contributed by atoms with E-state index in [1.807, 2.05) is 24.3 Å². The van der Waals surface area contributed by atoms with Gasteiger partial charge in [0, 0.05) is 11.6 Å². The highest BCUT2D eigenvalue weighted by molar-refractivity contribution is 7.80. The SMILES string of the molecule is NC(=S)N/N=C/c1ccc(NCCc2cccc(Cl)c2)c(N=O)c1. The molecule has 0 bridgehead atoms. The van der Waals surface area contributed by atoms with Crippen LogP contribution >= 0.6 is 23.8 Å². The Morgan fingerprint density at radius 3 is 2.83 bits per heavy atom. The summed E-state index contributed by atoms with van der Waals surface area (Å²) in [7, 11) is 0. The summed E-state index contributed by atoms with van der Waals surface area (Å²) < 4.78 is 0. The van der Waals surface area contributed by atoms with E-state index in [0.717, 1.165) is 12.0 Å². The normalized spacial score (nSPS) is 10.5. The molecule has 0 saturated carbocycles. The lowest BCUT2D eigenvalue weighted by molar-refractivity contribution is 1.02. The zero-order chi connectivity index (χ0) is 17.4. The number of benzene rings is 2. The van der Waals surface area contributed by atoms with Gasteiger partial charge < -0.3 is 11.1 Å². The molecule has 0 aliphatic heterocycles. The predicted molar refractivity (Wildman–Crippen MR) is 103 cm³/mol. The summed E-state index contributed by atoms with van der Waals surface area (Å²) >= 11 is 10.6. The Morgan fingerprint density at radius 1 is 1.29 bits per heavy atom. The van der Waals surface area contributed by atoms with E-state index in [2.05, 4.69) is 33.2 Å². The summed E-state index contributed by atoms with van der Waals surface area (Å²) in [5, 5.41) is 10.9. The highest BCUT2D eigenvalue weighted by Crippen LogP contribution is 2.25. The summed E-state index contributed by atoms with van der Waals surface area (Å²) in [5.74, 6) is 0. The molecule has 0 aliphatic carbocycles. The molecule has 4 N–H and O–H groups in total. The van der Waals surface area contributed by atoms with Crippen molar-refractivity contribution in [2.24, 2.45) is 16.0 Å². The average Bonchev–Trinajstić information content (AvgIpc) is 2.55. The highest BCUT2D eigenvalue weighted by atomic mass is 35.5. The molecule has 0 amide bonds. The molecule has 0 spiro atoms. The van der Waals surface area contributed by atoms with Gasteiger partial charge in [-0.25, -0.2) is 0 Å². The molecule has 2 aromatic rings. The van der Waals surface area contributed by atoms with Crippen LogP contribution in [0.1, 0.15) is 11.1 Å². The van der Waals surface area contributed by atoms with E-state index >= 15 is 0 Å². The van der Waals surface area contributed by atoms with Crippen LogP contribution in [0.4, 0.5) is 11.4 Å². The minimum absolute atomic E-state index is 0.0688. The number of nitrogens with zero attached hydrogens (tertiary/aromatic N) is 2. The zero-order valence-electron chi connectivity index (χ0n) is 12.7. The summed E-state index contributed by atoms with van der Waals surface area (Å²) in [5.41, 5.74) is 10.5. The first-order valence-corrected chi connectivity index (χ1v) is 7.91. The van der Waals surface area contributed by atoms with E-state index in [-0.39, 0.29) is 5.11 Å². The van der Waals surface area contributed by atoms with Gasteiger partial charge in [0.25, 0.3) is 0 Å². The number of thiocarbonyl (C=S) groups is 1. The van der Waals surface area contributed by atoms with Crippen molar-refractivity contribution in [3.05, 3.63) is 63.5 Å². The van der Waals surface area contributed by atoms with Crippen molar-refractivity contribution < 1.29 is 0 Å². The fraction of sp³-hybridized carbons (Fsp3) is 0.125. The molecule has 2 rings (SSSR count). The van der Waals surface area contributed by atoms with Gasteiger partial charge in [-0.1, -0.05) is 29.8 Å². The van der Waals surface area contributed by atoms with Gasteiger partial charge in [-0.2, -0.15) is 5.10 Å². The van der Waals surface area contributed by atoms with Gasteiger partial charge in [-0.3, -0.25) is 5.43 Å². The molecule has 0 unspecified atom stereocenters. The number of halogens is 1. The Morgan fingerprint density at radius 2 is 2.12 bits per heavy atom. The minimum atomic E-state index is 0.0688. The number of rotatable bonds is 7. The van der Waals surface area contributed by atoms with Crippen molar-refractivity contribution in [1.29, 1.82) is 0 Å². The number of hydrazone groups is 1. The Labute approximate surface area is 150 Å². The van der Waals surface area contributed by atoms with Gasteiger partial charge in [0.15, 0.2) is 5.11 Å². The largest absolute Gasteiger partial charge is 0.383 e. The zero-order valence-corrected chi connectivity index (χ0v) is 14.3. The standard InChI is InChI=1S/C16H16ClN5OS/c17-13-3-1-2-11(8-13)6-7-19-14-5-4-12(9-15(14)22-23)10-20-21-16(18)24/h1-5,8-10,19H,6-7H2,(H3,18,21,24)/b20-10+. The van der Waals surface area contributed by atoms with Gasteiger partial charge >= 0.3 is 0 Å². The molecule has 0 heterocycles. The van der Waals surface area contributed by atoms with Crippen LogP contribution < -0.4 is 16.5 Å². The number of hydrogen-bond acceptors (Lipinski definition) is 5. The lowest BCUT2D eigenvalue weighted by atomic mass is 10.1. The van der Waals surface area contributed by atoms with Crippen LogP contribution in [0, 0.1) is 4.91 Å². The van der Waals surface area contributed by atoms with Crippen molar-refractivity contribution in [3.8, 4) is 0 Å². The number of hydrogen-bond donors (Lipinski definition) is 3. The molecular formula is C16H16ClN5OS. The Hall–Kier alpha value is -2.51. The van der Waals surface area contributed by atoms with Gasteiger partial charge in [0.1, 0.15) is 5.69 Å². The van der Waals surface area contributed by atoms with E-state index in [1.54, 1.807) is 18.2 Å². The number of nitrogens with one attached hydrogen (secondary N) is 2. The maximum atomic E-state index is 11.0. The fourth-order valence-corrected chi connectivity index (χ4v) is 2.32. The number of nitroso groups, excluding NO2 is 1. The van der Waals surface area contributed by atoms with E-state index in [1.165, 1.54) is 6.21 Å².